The first-order chi connectivity index (χ1) is 16.2. The normalized spacial score (nSPS) is 14.6. The quantitative estimate of drug-likeness (QED) is 0.529. The van der Waals surface area contributed by atoms with Crippen LogP contribution in [0.5, 0.6) is 23.1 Å². The van der Waals surface area contributed by atoms with Crippen LogP contribution in [0.3, 0.4) is 0 Å². The molecule has 0 radical (unpaired) electrons. The highest BCUT2D eigenvalue weighted by atomic mass is 32.1. The number of nitrogens with one attached hydrogen (secondary N) is 2. The van der Waals surface area contributed by atoms with E-state index in [2.05, 4.69) is 25.5 Å². The number of hydrogen-bond donors (Lipinski definition) is 2. The van der Waals surface area contributed by atoms with E-state index in [1.54, 1.807) is 0 Å². The highest BCUT2D eigenvalue weighted by molar-refractivity contribution is 7.80. The molecule has 0 spiro atoms. The van der Waals surface area contributed by atoms with Crippen LogP contribution >= 0.6 is 12.2 Å². The molecule has 170 valence electrons. The molecule has 2 aliphatic heterocycles. The molecule has 33 heavy (non-hydrogen) atoms. The van der Waals surface area contributed by atoms with Gasteiger partial charge in [0.1, 0.15) is 11.6 Å². The number of thiocarbonyl (C=S) groups is 1. The average Bonchev–Trinajstić information content (AvgIpc) is 3.32. The third-order valence-corrected chi connectivity index (χ3v) is 5.35. The third-order valence-electron chi connectivity index (χ3n) is 5.11. The van der Waals surface area contributed by atoms with E-state index in [4.69, 9.17) is 31.2 Å². The zero-order valence-electron chi connectivity index (χ0n) is 17.8. The number of para-hydroxylation sites is 1. The van der Waals surface area contributed by atoms with Crippen molar-refractivity contribution in [2.75, 3.05) is 43.3 Å². The summed E-state index contributed by atoms with van der Waals surface area (Å²) >= 11 is 5.47. The minimum absolute atomic E-state index is 0.246. The maximum atomic E-state index is 5.97. The fourth-order valence-electron chi connectivity index (χ4n) is 3.46. The average molecular weight is 466 g/mol. The Bertz CT molecular complexity index is 1130. The molecule has 2 N–H and O–H groups in total. The third kappa shape index (κ3) is 5.41. The molecule has 0 bridgehead atoms. The maximum Gasteiger partial charge on any atom is 0.234 e. The molecule has 9 nitrogen and oxygen atoms in total. The number of aromatic nitrogens is 2. The number of morpholine rings is 1. The van der Waals surface area contributed by atoms with Crippen LogP contribution in [0.15, 0.2) is 54.6 Å². The van der Waals surface area contributed by atoms with E-state index >= 15 is 0 Å². The summed E-state index contributed by atoms with van der Waals surface area (Å²) in [5.41, 5.74) is 1.01. The van der Waals surface area contributed by atoms with Crippen molar-refractivity contribution in [2.45, 2.75) is 6.54 Å². The number of anilines is 2. The predicted molar refractivity (Wildman–Crippen MR) is 127 cm³/mol. The number of hydrogen-bond acceptors (Lipinski definition) is 8. The van der Waals surface area contributed by atoms with Crippen LogP contribution in [0.4, 0.5) is 11.8 Å². The fourth-order valence-corrected chi connectivity index (χ4v) is 3.63. The minimum atomic E-state index is 0.246. The van der Waals surface area contributed by atoms with Crippen molar-refractivity contribution in [1.82, 2.24) is 15.3 Å². The number of fused-ring (bicyclic) bond motifs is 1. The van der Waals surface area contributed by atoms with Gasteiger partial charge >= 0.3 is 0 Å². The van der Waals surface area contributed by atoms with Gasteiger partial charge < -0.3 is 34.5 Å². The Balaban J connectivity index is 1.29. The Morgan fingerprint density at radius 2 is 1.82 bits per heavy atom. The summed E-state index contributed by atoms with van der Waals surface area (Å²) in [6, 6.07) is 17.1. The molecule has 0 atom stereocenters. The highest BCUT2D eigenvalue weighted by Gasteiger charge is 2.17. The van der Waals surface area contributed by atoms with Crippen LogP contribution in [0.25, 0.3) is 0 Å². The van der Waals surface area contributed by atoms with Gasteiger partial charge in [-0.2, -0.15) is 9.97 Å². The lowest BCUT2D eigenvalue weighted by Gasteiger charge is -2.28. The zero-order chi connectivity index (χ0) is 22.5. The summed E-state index contributed by atoms with van der Waals surface area (Å²) < 4.78 is 22.2. The molecular formula is C23H23N5O4S. The molecule has 3 aromatic rings. The first-order valence-electron chi connectivity index (χ1n) is 10.6. The van der Waals surface area contributed by atoms with Crippen molar-refractivity contribution < 1.29 is 18.9 Å². The van der Waals surface area contributed by atoms with E-state index in [9.17, 15) is 0 Å². The smallest absolute Gasteiger partial charge is 0.234 e. The second-order valence-electron chi connectivity index (χ2n) is 7.40. The molecule has 1 saturated heterocycles. The summed E-state index contributed by atoms with van der Waals surface area (Å²) in [6.45, 7) is 3.55. The van der Waals surface area contributed by atoms with E-state index in [0.29, 0.717) is 42.4 Å². The van der Waals surface area contributed by atoms with Gasteiger partial charge in [0, 0.05) is 25.7 Å². The van der Waals surface area contributed by atoms with Gasteiger partial charge in [-0.15, -0.1) is 0 Å². The van der Waals surface area contributed by atoms with Crippen LogP contribution < -0.4 is 29.7 Å². The van der Waals surface area contributed by atoms with Crippen LogP contribution in [-0.2, 0) is 11.3 Å². The molecule has 5 rings (SSSR count). The molecule has 2 aliphatic rings. The van der Waals surface area contributed by atoms with Crippen molar-refractivity contribution in [2.24, 2.45) is 0 Å². The molecule has 10 heteroatoms. The lowest BCUT2D eigenvalue weighted by Crippen LogP contribution is -2.37. The Hall–Kier alpha value is -3.63. The topological polar surface area (TPSA) is 90.0 Å². The van der Waals surface area contributed by atoms with Gasteiger partial charge in [-0.3, -0.25) is 0 Å². The Morgan fingerprint density at radius 1 is 1.00 bits per heavy atom. The van der Waals surface area contributed by atoms with Crippen LogP contribution in [0, 0.1) is 0 Å². The molecule has 0 amide bonds. The van der Waals surface area contributed by atoms with Crippen LogP contribution in [-0.4, -0.2) is 48.2 Å². The number of ether oxygens (including phenoxy) is 4. The minimum Gasteiger partial charge on any atom is -0.454 e. The van der Waals surface area contributed by atoms with Crippen LogP contribution in [0.2, 0.25) is 0 Å². The van der Waals surface area contributed by atoms with E-state index < -0.39 is 0 Å². The molecule has 2 aromatic carbocycles. The van der Waals surface area contributed by atoms with E-state index in [0.717, 1.165) is 36.0 Å². The molecule has 0 unspecified atom stereocenters. The second kappa shape index (κ2) is 9.88. The van der Waals surface area contributed by atoms with Gasteiger partial charge in [-0.25, -0.2) is 0 Å². The van der Waals surface area contributed by atoms with Gasteiger partial charge in [-0.05, 0) is 42.0 Å². The van der Waals surface area contributed by atoms with Crippen molar-refractivity contribution >= 4 is 29.1 Å². The molecule has 3 heterocycles. The van der Waals surface area contributed by atoms with E-state index in [-0.39, 0.29) is 6.79 Å². The summed E-state index contributed by atoms with van der Waals surface area (Å²) in [5, 5.41) is 6.65. The molecule has 1 fully saturated rings. The summed E-state index contributed by atoms with van der Waals surface area (Å²) in [5.74, 6) is 3.71. The number of rotatable bonds is 6. The Labute approximate surface area is 196 Å². The molecule has 0 aliphatic carbocycles. The SMILES string of the molecule is S=C(NCc1ccc2c(c1)OCO2)Nc1nc(Oc2ccccc2)cc(N2CCOCC2)n1. The molecule has 1 aromatic heterocycles. The van der Waals surface area contributed by atoms with E-state index in [1.807, 2.05) is 54.6 Å². The van der Waals surface area contributed by atoms with Gasteiger partial charge in [0.2, 0.25) is 18.6 Å². The van der Waals surface area contributed by atoms with Gasteiger partial charge in [0.05, 0.1) is 13.2 Å². The summed E-state index contributed by atoms with van der Waals surface area (Å²) in [4.78, 5) is 11.3. The lowest BCUT2D eigenvalue weighted by atomic mass is 10.2. The van der Waals surface area contributed by atoms with Crippen molar-refractivity contribution in [3.63, 3.8) is 0 Å². The second-order valence-corrected chi connectivity index (χ2v) is 7.81. The van der Waals surface area contributed by atoms with Crippen LogP contribution in [0.1, 0.15) is 5.56 Å². The zero-order valence-corrected chi connectivity index (χ0v) is 18.6. The Kier molecular flexibility index (Phi) is 6.36. The Morgan fingerprint density at radius 3 is 2.67 bits per heavy atom. The van der Waals surface area contributed by atoms with Gasteiger partial charge in [-0.1, -0.05) is 24.3 Å². The maximum absolute atomic E-state index is 5.97. The van der Waals surface area contributed by atoms with E-state index in [1.165, 1.54) is 0 Å². The first-order valence-corrected chi connectivity index (χ1v) is 11.0. The van der Waals surface area contributed by atoms with Crippen molar-refractivity contribution in [3.8, 4) is 23.1 Å². The molecule has 0 saturated carbocycles. The van der Waals surface area contributed by atoms with Gasteiger partial charge in [0.25, 0.3) is 0 Å². The number of benzene rings is 2. The lowest BCUT2D eigenvalue weighted by molar-refractivity contribution is 0.122. The molecular weight excluding hydrogens is 442 g/mol. The first kappa shape index (κ1) is 21.2. The number of nitrogens with zero attached hydrogens (tertiary/aromatic N) is 3. The van der Waals surface area contributed by atoms with Gasteiger partial charge in [0.15, 0.2) is 16.6 Å². The predicted octanol–water partition coefficient (Wildman–Crippen LogP) is 3.32. The fraction of sp³-hybridized carbons (Fsp3) is 0.261. The monoisotopic (exact) mass is 465 g/mol. The largest absolute Gasteiger partial charge is 0.454 e. The highest BCUT2D eigenvalue weighted by Crippen LogP contribution is 2.32. The summed E-state index contributed by atoms with van der Waals surface area (Å²) in [6.07, 6.45) is 0. The van der Waals surface area contributed by atoms with Crippen molar-refractivity contribution in [3.05, 3.63) is 60.2 Å². The summed E-state index contributed by atoms with van der Waals surface area (Å²) in [7, 11) is 0. The van der Waals surface area contributed by atoms with Crippen molar-refractivity contribution in [1.29, 1.82) is 0 Å². The standard InChI is InChI=1S/C23H23N5O4S/c33-23(24-14-16-6-7-18-19(12-16)31-15-30-18)27-22-25-20(28-8-10-29-11-9-28)13-21(26-22)32-17-4-2-1-3-5-17/h1-7,12-13H,8-11,14-15H2,(H2,24,25,26,27,33).